The molecule has 0 saturated heterocycles. The summed E-state index contributed by atoms with van der Waals surface area (Å²) >= 11 is 2.84. The van der Waals surface area contributed by atoms with Crippen LogP contribution in [0.1, 0.15) is 16.1 Å². The Morgan fingerprint density at radius 2 is 1.73 bits per heavy atom. The quantitative estimate of drug-likeness (QED) is 0.391. The third kappa shape index (κ3) is 6.63. The van der Waals surface area contributed by atoms with E-state index in [2.05, 4.69) is 46.8 Å². The molecule has 33 heavy (non-hydrogen) atoms. The van der Waals surface area contributed by atoms with E-state index >= 15 is 0 Å². The first-order valence-corrected chi connectivity index (χ1v) is 9.83. The minimum absolute atomic E-state index is 0.00299. The van der Waals surface area contributed by atoms with E-state index in [4.69, 9.17) is 4.74 Å². The van der Waals surface area contributed by atoms with Gasteiger partial charge >= 0.3 is 12.2 Å². The van der Waals surface area contributed by atoms with Crippen molar-refractivity contribution in [1.82, 2.24) is 15.4 Å². The zero-order valence-electron chi connectivity index (χ0n) is 16.7. The van der Waals surface area contributed by atoms with Crippen LogP contribution in [0.3, 0.4) is 0 Å². The summed E-state index contributed by atoms with van der Waals surface area (Å²) in [5.74, 6) is -0.270. The van der Waals surface area contributed by atoms with E-state index in [9.17, 15) is 22.8 Å². The molecule has 172 valence electrons. The van der Waals surface area contributed by atoms with Crippen molar-refractivity contribution in [2.24, 2.45) is 0 Å². The van der Waals surface area contributed by atoms with E-state index in [-0.39, 0.29) is 27.5 Å². The molecule has 13 heteroatoms. The molecule has 3 aromatic rings. The molecule has 0 bridgehead atoms. The number of urea groups is 1. The predicted molar refractivity (Wildman–Crippen MR) is 115 cm³/mol. The first-order valence-electron chi connectivity index (χ1n) is 9.04. The van der Waals surface area contributed by atoms with Gasteiger partial charge in [-0.05, 0) is 30.3 Å². The van der Waals surface area contributed by atoms with Gasteiger partial charge in [0.05, 0.1) is 12.7 Å². The molecule has 0 radical (unpaired) electrons. The Hall–Kier alpha value is -3.71. The maximum Gasteiger partial charge on any atom is 0.417 e. The van der Waals surface area contributed by atoms with Gasteiger partial charge in [-0.3, -0.25) is 9.63 Å². The van der Waals surface area contributed by atoms with Gasteiger partial charge in [-0.15, -0.1) is 0 Å². The molecule has 1 aromatic heterocycles. The molecule has 9 nitrogen and oxygen atoms in total. The Bertz CT molecular complexity index is 1180. The van der Waals surface area contributed by atoms with Gasteiger partial charge in [0.25, 0.3) is 5.91 Å². The Balaban J connectivity index is 1.68. The van der Waals surface area contributed by atoms with Crippen molar-refractivity contribution in [2.45, 2.75) is 6.18 Å². The number of anilines is 2. The number of alkyl halides is 3. The lowest BCUT2D eigenvalue weighted by molar-refractivity contribution is -0.138. The molecule has 0 saturated carbocycles. The average Bonchev–Trinajstić information content (AvgIpc) is 2.75. The number of nitrogens with one attached hydrogen (secondary N) is 3. The first-order chi connectivity index (χ1) is 15.7. The van der Waals surface area contributed by atoms with Crippen LogP contribution in [0.2, 0.25) is 0 Å². The topological polar surface area (TPSA) is 114 Å². The van der Waals surface area contributed by atoms with Crippen LogP contribution in [0.4, 0.5) is 29.3 Å². The maximum absolute atomic E-state index is 13.0. The lowest BCUT2D eigenvalue weighted by Crippen LogP contribution is -2.22. The van der Waals surface area contributed by atoms with Gasteiger partial charge in [0.2, 0.25) is 5.88 Å². The highest BCUT2D eigenvalue weighted by Crippen LogP contribution is 2.36. The van der Waals surface area contributed by atoms with Crippen LogP contribution in [0.15, 0.2) is 59.3 Å². The summed E-state index contributed by atoms with van der Waals surface area (Å²) in [6, 6.07) is 10.0. The SMILES string of the molecule is CONC(=O)c1cc(Oc2cccc(NC(=O)Nc3ccc(Br)c(C(F)(F)F)c3)c2)ncn1. The molecule has 3 N–H and O–H groups in total. The summed E-state index contributed by atoms with van der Waals surface area (Å²) in [5.41, 5.74) is 1.45. The smallest absolute Gasteiger partial charge is 0.417 e. The molecular formula is C20H15BrF3N5O4. The number of nitrogens with zero attached hydrogens (tertiary/aromatic N) is 2. The van der Waals surface area contributed by atoms with E-state index in [0.29, 0.717) is 5.69 Å². The number of amides is 3. The van der Waals surface area contributed by atoms with Crippen LogP contribution in [0.25, 0.3) is 0 Å². The van der Waals surface area contributed by atoms with Crippen molar-refractivity contribution >= 4 is 39.2 Å². The second kappa shape index (κ2) is 10.3. The number of ether oxygens (including phenoxy) is 1. The number of benzene rings is 2. The van der Waals surface area contributed by atoms with Gasteiger partial charge in [-0.2, -0.15) is 13.2 Å². The standard InChI is InChI=1S/C20H15BrF3N5O4/c1-32-29-18(30)16-9-17(26-10-25-16)33-13-4-2-3-11(7-13)27-19(31)28-12-5-6-15(21)14(8-12)20(22,23)24/h2-10H,1H3,(H,29,30)(H2,27,28,31). The predicted octanol–water partition coefficient (Wildman–Crippen LogP) is 4.99. The number of halogens is 4. The number of carbonyl (C=O) groups is 2. The molecule has 0 aliphatic heterocycles. The van der Waals surface area contributed by atoms with Crippen LogP contribution in [0.5, 0.6) is 11.6 Å². The minimum atomic E-state index is -4.58. The molecule has 0 unspecified atom stereocenters. The largest absolute Gasteiger partial charge is 0.439 e. The Morgan fingerprint density at radius 1 is 1.00 bits per heavy atom. The molecule has 2 aromatic carbocycles. The van der Waals surface area contributed by atoms with Crippen molar-refractivity contribution < 1.29 is 32.3 Å². The Morgan fingerprint density at radius 3 is 2.42 bits per heavy atom. The number of carbonyl (C=O) groups excluding carboxylic acids is 2. The summed E-state index contributed by atoms with van der Waals surface area (Å²) in [4.78, 5) is 36.3. The minimum Gasteiger partial charge on any atom is -0.439 e. The normalized spacial score (nSPS) is 10.9. The van der Waals surface area contributed by atoms with Crippen molar-refractivity contribution in [3.63, 3.8) is 0 Å². The maximum atomic E-state index is 13.0. The highest BCUT2D eigenvalue weighted by atomic mass is 79.9. The summed E-state index contributed by atoms with van der Waals surface area (Å²) < 4.78 is 44.5. The molecule has 0 atom stereocenters. The van der Waals surface area contributed by atoms with E-state index < -0.39 is 23.7 Å². The van der Waals surface area contributed by atoms with Crippen LogP contribution >= 0.6 is 15.9 Å². The van der Waals surface area contributed by atoms with Gasteiger partial charge in [0.15, 0.2) is 0 Å². The van der Waals surface area contributed by atoms with E-state index in [1.807, 2.05) is 0 Å². The van der Waals surface area contributed by atoms with Crippen LogP contribution in [-0.4, -0.2) is 29.0 Å². The van der Waals surface area contributed by atoms with Gasteiger partial charge in [-0.25, -0.2) is 20.2 Å². The lowest BCUT2D eigenvalue weighted by atomic mass is 10.2. The van der Waals surface area contributed by atoms with Crippen molar-refractivity contribution in [3.05, 3.63) is 70.6 Å². The van der Waals surface area contributed by atoms with Gasteiger partial charge in [-0.1, -0.05) is 22.0 Å². The first kappa shape index (κ1) is 23.9. The van der Waals surface area contributed by atoms with E-state index in [1.165, 1.54) is 31.4 Å². The van der Waals surface area contributed by atoms with Crippen molar-refractivity contribution in [1.29, 1.82) is 0 Å². The fraction of sp³-hybridized carbons (Fsp3) is 0.100. The molecular weight excluding hydrogens is 511 g/mol. The Kier molecular flexibility index (Phi) is 7.45. The van der Waals surface area contributed by atoms with Gasteiger partial charge in [0.1, 0.15) is 17.8 Å². The summed E-state index contributed by atoms with van der Waals surface area (Å²) in [6.45, 7) is 0. The summed E-state index contributed by atoms with van der Waals surface area (Å²) in [5, 5.41) is 4.84. The second-order valence-electron chi connectivity index (χ2n) is 6.28. The number of hydrogen-bond acceptors (Lipinski definition) is 6. The van der Waals surface area contributed by atoms with Crippen LogP contribution in [-0.2, 0) is 11.0 Å². The van der Waals surface area contributed by atoms with E-state index in [0.717, 1.165) is 12.4 Å². The van der Waals surface area contributed by atoms with Crippen LogP contribution < -0.4 is 20.9 Å². The molecule has 0 aliphatic carbocycles. The zero-order valence-corrected chi connectivity index (χ0v) is 18.3. The highest BCUT2D eigenvalue weighted by molar-refractivity contribution is 9.10. The van der Waals surface area contributed by atoms with Crippen molar-refractivity contribution in [2.75, 3.05) is 17.7 Å². The van der Waals surface area contributed by atoms with Gasteiger partial charge in [0, 0.05) is 28.0 Å². The molecule has 3 amide bonds. The highest BCUT2D eigenvalue weighted by Gasteiger charge is 2.33. The molecule has 0 spiro atoms. The Labute approximate surface area is 193 Å². The second-order valence-corrected chi connectivity index (χ2v) is 7.13. The monoisotopic (exact) mass is 525 g/mol. The molecule has 1 heterocycles. The van der Waals surface area contributed by atoms with Gasteiger partial charge < -0.3 is 15.4 Å². The zero-order chi connectivity index (χ0) is 24.0. The lowest BCUT2D eigenvalue weighted by Gasteiger charge is -2.13. The average molecular weight is 526 g/mol. The fourth-order valence-corrected chi connectivity index (χ4v) is 3.01. The van der Waals surface area contributed by atoms with E-state index in [1.54, 1.807) is 18.2 Å². The number of aromatic nitrogens is 2. The summed E-state index contributed by atoms with van der Waals surface area (Å²) in [6.07, 6.45) is -3.45. The summed E-state index contributed by atoms with van der Waals surface area (Å²) in [7, 11) is 1.27. The molecule has 0 aliphatic rings. The fourth-order valence-electron chi connectivity index (χ4n) is 2.54. The molecule has 0 fully saturated rings. The number of hydrogen-bond donors (Lipinski definition) is 3. The van der Waals surface area contributed by atoms with Crippen LogP contribution in [0, 0.1) is 0 Å². The third-order valence-corrected chi connectivity index (χ3v) is 4.60. The third-order valence-electron chi connectivity index (χ3n) is 3.91. The number of rotatable bonds is 6. The van der Waals surface area contributed by atoms with Crippen molar-refractivity contribution in [3.8, 4) is 11.6 Å². The molecule has 3 rings (SSSR count). The number of hydroxylamine groups is 1.